The number of ether oxygens (including phenoxy) is 1. The Balaban J connectivity index is 1.28. The highest BCUT2D eigenvalue weighted by atomic mass is 32.1. The Kier molecular flexibility index (Phi) is 4.96. The average Bonchev–Trinajstić information content (AvgIpc) is 3.78. The van der Waals surface area contributed by atoms with Crippen molar-refractivity contribution in [2.24, 2.45) is 0 Å². The Hall–Kier alpha value is -5.10. The maximum atomic E-state index is 6.67. The Bertz CT molecular complexity index is 2390. The number of hydrogen-bond donors (Lipinski definition) is 0. The van der Waals surface area contributed by atoms with E-state index in [-0.39, 0.29) is 0 Å². The van der Waals surface area contributed by atoms with Gasteiger partial charge in [-0.1, -0.05) is 78.9 Å². The molecule has 1 aliphatic carbocycles. The summed E-state index contributed by atoms with van der Waals surface area (Å²) in [4.78, 5) is 10.1. The zero-order valence-corrected chi connectivity index (χ0v) is 25.0. The standard InChI is InChI=1S/C39H22N2OS2/c1-2-10-27-25(9-1)26-19-17-23(37-40-31-12-4-7-15-35(31)43-37)21-29(26)39(27)28-11-3-6-14-33(28)42-34-20-18-24(22-30(34)39)38-41-32-13-5-8-16-36(32)44-38/h1-22H. The van der Waals surface area contributed by atoms with Crippen LogP contribution in [0.1, 0.15) is 22.3 Å². The molecule has 3 heterocycles. The maximum Gasteiger partial charge on any atom is 0.132 e. The highest BCUT2D eigenvalue weighted by molar-refractivity contribution is 7.22. The smallest absolute Gasteiger partial charge is 0.132 e. The van der Waals surface area contributed by atoms with E-state index in [1.54, 1.807) is 22.7 Å². The van der Waals surface area contributed by atoms with Gasteiger partial charge in [0, 0.05) is 22.3 Å². The number of hydrogen-bond acceptors (Lipinski definition) is 5. The average molecular weight is 599 g/mol. The molecule has 5 heteroatoms. The van der Waals surface area contributed by atoms with E-state index in [0.717, 1.165) is 54.8 Å². The van der Waals surface area contributed by atoms with Gasteiger partial charge in [0.25, 0.3) is 0 Å². The van der Waals surface area contributed by atoms with Crippen molar-refractivity contribution in [3.05, 3.63) is 156 Å². The molecule has 206 valence electrons. The van der Waals surface area contributed by atoms with Crippen LogP contribution >= 0.6 is 22.7 Å². The molecule has 0 bridgehead atoms. The van der Waals surface area contributed by atoms with Crippen LogP contribution in [0, 0.1) is 0 Å². The molecule has 2 aliphatic rings. The Morgan fingerprint density at radius 1 is 0.455 bits per heavy atom. The van der Waals surface area contributed by atoms with Gasteiger partial charge in [-0.2, -0.15) is 0 Å². The Morgan fingerprint density at radius 3 is 1.73 bits per heavy atom. The molecule has 0 radical (unpaired) electrons. The second-order valence-corrected chi connectivity index (χ2v) is 13.4. The third-order valence-electron chi connectivity index (χ3n) is 9.02. The van der Waals surface area contributed by atoms with E-state index in [9.17, 15) is 0 Å². The molecule has 44 heavy (non-hydrogen) atoms. The van der Waals surface area contributed by atoms with E-state index in [1.807, 2.05) is 6.07 Å². The topological polar surface area (TPSA) is 35.0 Å². The summed E-state index contributed by atoms with van der Waals surface area (Å²) in [5, 5.41) is 2.04. The summed E-state index contributed by atoms with van der Waals surface area (Å²) in [5.41, 5.74) is 11.1. The number of fused-ring (bicyclic) bond motifs is 11. The van der Waals surface area contributed by atoms with Crippen LogP contribution in [0.3, 0.4) is 0 Å². The van der Waals surface area contributed by atoms with Crippen molar-refractivity contribution in [3.63, 3.8) is 0 Å². The normalized spacial score (nSPS) is 16.0. The molecular formula is C39H22N2OS2. The van der Waals surface area contributed by atoms with Crippen molar-refractivity contribution < 1.29 is 4.74 Å². The first-order valence-electron chi connectivity index (χ1n) is 14.7. The summed E-state index contributed by atoms with van der Waals surface area (Å²) in [6, 6.07) is 47.6. The lowest BCUT2D eigenvalue weighted by molar-refractivity contribution is 0.436. The number of rotatable bonds is 2. The van der Waals surface area contributed by atoms with Gasteiger partial charge in [-0.25, -0.2) is 9.97 Å². The molecule has 0 fully saturated rings. The van der Waals surface area contributed by atoms with Gasteiger partial charge < -0.3 is 4.74 Å². The molecule has 0 saturated heterocycles. The first kappa shape index (κ1) is 24.4. The van der Waals surface area contributed by atoms with E-state index >= 15 is 0 Å². The Morgan fingerprint density at radius 2 is 1.00 bits per heavy atom. The molecule has 1 atom stereocenters. The third kappa shape index (κ3) is 3.25. The third-order valence-corrected chi connectivity index (χ3v) is 11.2. The first-order valence-corrected chi connectivity index (χ1v) is 16.3. The van der Waals surface area contributed by atoms with Gasteiger partial charge in [0.15, 0.2) is 0 Å². The number of benzene rings is 6. The highest BCUT2D eigenvalue weighted by Gasteiger charge is 2.51. The van der Waals surface area contributed by atoms with Crippen molar-refractivity contribution in [3.8, 4) is 43.8 Å². The molecule has 8 aromatic rings. The van der Waals surface area contributed by atoms with Crippen molar-refractivity contribution >= 4 is 43.1 Å². The first-order chi connectivity index (χ1) is 21.8. The van der Waals surface area contributed by atoms with Gasteiger partial charge in [-0.05, 0) is 76.9 Å². The van der Waals surface area contributed by atoms with E-state index in [0.29, 0.717) is 0 Å². The minimum Gasteiger partial charge on any atom is -0.457 e. The number of para-hydroxylation sites is 3. The molecule has 0 saturated carbocycles. The predicted molar refractivity (Wildman–Crippen MR) is 181 cm³/mol. The zero-order chi connectivity index (χ0) is 28.8. The summed E-state index contributed by atoms with van der Waals surface area (Å²) in [7, 11) is 0. The fourth-order valence-electron chi connectivity index (χ4n) is 7.16. The fourth-order valence-corrected chi connectivity index (χ4v) is 9.08. The van der Waals surface area contributed by atoms with Crippen molar-refractivity contribution in [2.45, 2.75) is 5.41 Å². The lowest BCUT2D eigenvalue weighted by Gasteiger charge is -2.39. The van der Waals surface area contributed by atoms with Gasteiger partial charge in [0.2, 0.25) is 0 Å². The van der Waals surface area contributed by atoms with Gasteiger partial charge in [-0.3, -0.25) is 0 Å². The summed E-state index contributed by atoms with van der Waals surface area (Å²) in [6.07, 6.45) is 0. The number of aromatic nitrogens is 2. The van der Waals surface area contributed by atoms with Crippen molar-refractivity contribution in [2.75, 3.05) is 0 Å². The second kappa shape index (κ2) is 8.96. The molecule has 0 amide bonds. The van der Waals surface area contributed by atoms with Crippen molar-refractivity contribution in [1.82, 2.24) is 9.97 Å². The molecule has 6 aromatic carbocycles. The SMILES string of the molecule is c1ccc2c(c1)Oc1ccc(-c3nc4ccccc4s3)cc1C21c2ccccc2-c2ccc(-c3nc4ccccc4s3)cc21. The highest BCUT2D eigenvalue weighted by Crippen LogP contribution is 2.62. The minimum atomic E-state index is -0.560. The lowest BCUT2D eigenvalue weighted by Crippen LogP contribution is -2.32. The molecule has 1 unspecified atom stereocenters. The van der Waals surface area contributed by atoms with E-state index in [2.05, 4.69) is 127 Å². The molecule has 3 nitrogen and oxygen atoms in total. The van der Waals surface area contributed by atoms with Gasteiger partial charge in [0.05, 0.1) is 25.8 Å². The molecule has 1 spiro atoms. The van der Waals surface area contributed by atoms with E-state index in [4.69, 9.17) is 14.7 Å². The van der Waals surface area contributed by atoms with Gasteiger partial charge in [-0.15, -0.1) is 22.7 Å². The monoisotopic (exact) mass is 598 g/mol. The maximum absolute atomic E-state index is 6.67. The summed E-state index contributed by atoms with van der Waals surface area (Å²) < 4.78 is 9.06. The number of nitrogens with zero attached hydrogens (tertiary/aromatic N) is 2. The van der Waals surface area contributed by atoms with Crippen LogP contribution in [-0.2, 0) is 5.41 Å². The van der Waals surface area contributed by atoms with E-state index < -0.39 is 5.41 Å². The number of thiazole rings is 2. The van der Waals surface area contributed by atoms with Crippen LogP contribution < -0.4 is 4.74 Å². The zero-order valence-electron chi connectivity index (χ0n) is 23.3. The van der Waals surface area contributed by atoms with Crippen molar-refractivity contribution in [1.29, 1.82) is 0 Å². The molecule has 0 N–H and O–H groups in total. The fraction of sp³-hybridized carbons (Fsp3) is 0.0256. The van der Waals surface area contributed by atoms with Gasteiger partial charge in [0.1, 0.15) is 21.5 Å². The molecule has 10 rings (SSSR count). The van der Waals surface area contributed by atoms with Crippen LogP contribution in [0.2, 0.25) is 0 Å². The quantitative estimate of drug-likeness (QED) is 0.199. The summed E-state index contributed by atoms with van der Waals surface area (Å²) >= 11 is 3.48. The minimum absolute atomic E-state index is 0.560. The summed E-state index contributed by atoms with van der Waals surface area (Å²) in [6.45, 7) is 0. The second-order valence-electron chi connectivity index (χ2n) is 11.3. The van der Waals surface area contributed by atoms with Crippen LogP contribution in [-0.4, -0.2) is 9.97 Å². The van der Waals surface area contributed by atoms with Crippen LogP contribution in [0.25, 0.3) is 52.7 Å². The molecule has 2 aromatic heterocycles. The summed E-state index contributed by atoms with van der Waals surface area (Å²) in [5.74, 6) is 1.77. The van der Waals surface area contributed by atoms with Crippen LogP contribution in [0.15, 0.2) is 133 Å². The van der Waals surface area contributed by atoms with Gasteiger partial charge >= 0.3 is 0 Å². The van der Waals surface area contributed by atoms with E-state index in [1.165, 1.54) is 31.7 Å². The molecular weight excluding hydrogens is 577 g/mol. The largest absolute Gasteiger partial charge is 0.457 e. The predicted octanol–water partition coefficient (Wildman–Crippen LogP) is 10.7. The van der Waals surface area contributed by atoms with Crippen LogP contribution in [0.5, 0.6) is 11.5 Å². The Labute approximate surface area is 261 Å². The lowest BCUT2D eigenvalue weighted by atomic mass is 9.65. The molecule has 1 aliphatic heterocycles. The van der Waals surface area contributed by atoms with Crippen LogP contribution in [0.4, 0.5) is 0 Å².